The van der Waals surface area contributed by atoms with Crippen LogP contribution in [0.2, 0.25) is 0 Å². The van der Waals surface area contributed by atoms with Gasteiger partial charge in [0.05, 0.1) is 11.4 Å². The molecule has 0 aliphatic carbocycles. The zero-order chi connectivity index (χ0) is 18.8. The van der Waals surface area contributed by atoms with Crippen molar-refractivity contribution in [3.63, 3.8) is 0 Å². The number of fused-ring (bicyclic) bond motifs is 1. The van der Waals surface area contributed by atoms with E-state index in [0.29, 0.717) is 0 Å². The summed E-state index contributed by atoms with van der Waals surface area (Å²) in [4.78, 5) is 14.4. The van der Waals surface area contributed by atoms with Gasteiger partial charge >= 0.3 is 0 Å². The quantitative estimate of drug-likeness (QED) is 0.793. The normalized spacial score (nSPS) is 12.3. The van der Waals surface area contributed by atoms with Crippen molar-refractivity contribution in [2.24, 2.45) is 0 Å². The second-order valence-electron chi connectivity index (χ2n) is 6.76. The summed E-state index contributed by atoms with van der Waals surface area (Å²) in [5.41, 5.74) is 0. The van der Waals surface area contributed by atoms with Gasteiger partial charge in [0.15, 0.2) is 0 Å². The number of carbonyl (C=O) groups is 1. The average Bonchev–Trinajstić information content (AvgIpc) is 2.53. The zero-order valence-corrected chi connectivity index (χ0v) is 16.2. The molecule has 6 heteroatoms. The molecule has 0 spiro atoms. The molecule has 2 aromatic rings. The standard InChI is InChI=1S/C19H26N2O3S/c1-14(2)21(15(3)4)19(22)13-20(5)25(23,24)18-11-10-16-8-6-7-9-17(16)12-18/h6-12,14-15H,13H2,1-5H3. The summed E-state index contributed by atoms with van der Waals surface area (Å²) >= 11 is 0. The van der Waals surface area contributed by atoms with E-state index in [9.17, 15) is 13.2 Å². The molecule has 0 aromatic heterocycles. The molecule has 1 amide bonds. The Kier molecular flexibility index (Phi) is 5.85. The second-order valence-corrected chi connectivity index (χ2v) is 8.80. The Morgan fingerprint density at radius 3 is 2.08 bits per heavy atom. The van der Waals surface area contributed by atoms with Gasteiger partial charge in [-0.3, -0.25) is 4.79 Å². The second kappa shape index (κ2) is 7.54. The van der Waals surface area contributed by atoms with Crippen LogP contribution in [0.3, 0.4) is 0 Å². The van der Waals surface area contributed by atoms with E-state index in [0.717, 1.165) is 15.1 Å². The third kappa shape index (κ3) is 4.19. The molecule has 0 heterocycles. The summed E-state index contributed by atoms with van der Waals surface area (Å²) in [7, 11) is -2.28. The van der Waals surface area contributed by atoms with Gasteiger partial charge in [-0.15, -0.1) is 0 Å². The Bertz CT molecular complexity index is 852. The third-order valence-electron chi connectivity index (χ3n) is 4.19. The van der Waals surface area contributed by atoms with Gasteiger partial charge in [-0.1, -0.05) is 30.3 Å². The molecule has 25 heavy (non-hydrogen) atoms. The monoisotopic (exact) mass is 362 g/mol. The smallest absolute Gasteiger partial charge is 0.243 e. The van der Waals surface area contributed by atoms with Crippen molar-refractivity contribution in [2.45, 2.75) is 44.7 Å². The van der Waals surface area contributed by atoms with Crippen molar-refractivity contribution >= 4 is 26.7 Å². The van der Waals surface area contributed by atoms with E-state index in [2.05, 4.69) is 0 Å². The molecule has 5 nitrogen and oxygen atoms in total. The highest BCUT2D eigenvalue weighted by Crippen LogP contribution is 2.21. The molecule has 0 N–H and O–H groups in total. The van der Waals surface area contributed by atoms with Crippen molar-refractivity contribution in [3.8, 4) is 0 Å². The number of amides is 1. The highest BCUT2D eigenvalue weighted by molar-refractivity contribution is 7.89. The summed E-state index contributed by atoms with van der Waals surface area (Å²) in [5, 5.41) is 1.83. The molecular weight excluding hydrogens is 336 g/mol. The molecule has 0 fully saturated rings. The Hall–Kier alpha value is -1.92. The lowest BCUT2D eigenvalue weighted by atomic mass is 10.1. The molecule has 0 saturated heterocycles. The maximum absolute atomic E-state index is 12.8. The molecule has 2 aromatic carbocycles. The number of nitrogens with zero attached hydrogens (tertiary/aromatic N) is 2. The predicted octanol–water partition coefficient (Wildman–Crippen LogP) is 3.11. The molecule has 0 radical (unpaired) electrons. The summed E-state index contributed by atoms with van der Waals surface area (Å²) in [6, 6.07) is 12.6. The molecule has 0 aliphatic rings. The minimum Gasteiger partial charge on any atom is -0.337 e. The Morgan fingerprint density at radius 2 is 1.52 bits per heavy atom. The van der Waals surface area contributed by atoms with E-state index >= 15 is 0 Å². The zero-order valence-electron chi connectivity index (χ0n) is 15.4. The van der Waals surface area contributed by atoms with Gasteiger partial charge in [-0.05, 0) is 50.6 Å². The topological polar surface area (TPSA) is 57.7 Å². The summed E-state index contributed by atoms with van der Waals surface area (Å²) in [6.45, 7) is 7.53. The van der Waals surface area contributed by atoms with Crippen molar-refractivity contribution in [2.75, 3.05) is 13.6 Å². The number of sulfonamides is 1. The van der Waals surface area contributed by atoms with Gasteiger partial charge in [-0.25, -0.2) is 8.42 Å². The first-order valence-electron chi connectivity index (χ1n) is 8.41. The van der Waals surface area contributed by atoms with E-state index < -0.39 is 10.0 Å². The van der Waals surface area contributed by atoms with Crippen LogP contribution in [0.25, 0.3) is 10.8 Å². The van der Waals surface area contributed by atoms with Crippen molar-refractivity contribution in [1.82, 2.24) is 9.21 Å². The van der Waals surface area contributed by atoms with E-state index in [-0.39, 0.29) is 29.4 Å². The first-order chi connectivity index (χ1) is 11.6. The molecule has 0 aliphatic heterocycles. The minimum atomic E-state index is -3.72. The fourth-order valence-corrected chi connectivity index (χ4v) is 4.19. The van der Waals surface area contributed by atoms with Crippen LogP contribution in [-0.4, -0.2) is 49.2 Å². The van der Waals surface area contributed by atoms with Crippen LogP contribution in [-0.2, 0) is 14.8 Å². The SMILES string of the molecule is CC(C)N(C(=O)CN(C)S(=O)(=O)c1ccc2ccccc2c1)C(C)C. The molecule has 0 saturated carbocycles. The molecular formula is C19H26N2O3S. The van der Waals surface area contributed by atoms with E-state index in [4.69, 9.17) is 0 Å². The fourth-order valence-electron chi connectivity index (χ4n) is 3.04. The highest BCUT2D eigenvalue weighted by Gasteiger charge is 2.27. The lowest BCUT2D eigenvalue weighted by Gasteiger charge is -2.32. The number of likely N-dealkylation sites (N-methyl/N-ethyl adjacent to an activating group) is 1. The predicted molar refractivity (Wildman–Crippen MR) is 101 cm³/mol. The molecule has 0 unspecified atom stereocenters. The minimum absolute atomic E-state index is 0.0178. The van der Waals surface area contributed by atoms with Crippen molar-refractivity contribution in [3.05, 3.63) is 42.5 Å². The number of benzene rings is 2. The largest absolute Gasteiger partial charge is 0.337 e. The van der Waals surface area contributed by atoms with Crippen LogP contribution < -0.4 is 0 Å². The van der Waals surface area contributed by atoms with Crippen molar-refractivity contribution < 1.29 is 13.2 Å². The molecule has 136 valence electrons. The molecule has 2 rings (SSSR count). The Morgan fingerprint density at radius 1 is 0.960 bits per heavy atom. The number of hydrogen-bond acceptors (Lipinski definition) is 3. The molecule has 0 atom stereocenters. The van der Waals surface area contributed by atoms with Gasteiger partial charge in [0.25, 0.3) is 0 Å². The van der Waals surface area contributed by atoms with Gasteiger partial charge < -0.3 is 4.90 Å². The lowest BCUT2D eigenvalue weighted by Crippen LogP contribution is -2.47. The Labute approximate surface area is 150 Å². The number of carbonyl (C=O) groups excluding carboxylic acids is 1. The van der Waals surface area contributed by atoms with Crippen LogP contribution in [0.15, 0.2) is 47.4 Å². The van der Waals surface area contributed by atoms with E-state index in [1.807, 2.05) is 52.0 Å². The van der Waals surface area contributed by atoms with E-state index in [1.54, 1.807) is 23.1 Å². The van der Waals surface area contributed by atoms with Gasteiger partial charge in [0, 0.05) is 19.1 Å². The van der Waals surface area contributed by atoms with Crippen LogP contribution in [0.4, 0.5) is 0 Å². The van der Waals surface area contributed by atoms with Crippen LogP contribution >= 0.6 is 0 Å². The molecule has 0 bridgehead atoms. The van der Waals surface area contributed by atoms with Crippen LogP contribution in [0.5, 0.6) is 0 Å². The van der Waals surface area contributed by atoms with Gasteiger partial charge in [0.1, 0.15) is 0 Å². The maximum Gasteiger partial charge on any atom is 0.243 e. The van der Waals surface area contributed by atoms with E-state index in [1.165, 1.54) is 7.05 Å². The number of hydrogen-bond donors (Lipinski definition) is 0. The average molecular weight is 362 g/mol. The Balaban J connectivity index is 2.26. The first kappa shape index (κ1) is 19.4. The summed E-state index contributed by atoms with van der Waals surface area (Å²) < 4.78 is 26.8. The van der Waals surface area contributed by atoms with Crippen molar-refractivity contribution in [1.29, 1.82) is 0 Å². The van der Waals surface area contributed by atoms with Gasteiger partial charge in [-0.2, -0.15) is 4.31 Å². The lowest BCUT2D eigenvalue weighted by molar-refractivity contribution is -0.134. The van der Waals surface area contributed by atoms with Crippen LogP contribution in [0.1, 0.15) is 27.7 Å². The number of rotatable bonds is 6. The highest BCUT2D eigenvalue weighted by atomic mass is 32.2. The summed E-state index contributed by atoms with van der Waals surface area (Å²) in [6.07, 6.45) is 0. The third-order valence-corrected chi connectivity index (χ3v) is 5.99. The summed E-state index contributed by atoms with van der Waals surface area (Å²) in [5.74, 6) is -0.197. The maximum atomic E-state index is 12.8. The van der Waals surface area contributed by atoms with Crippen LogP contribution in [0, 0.1) is 0 Å². The first-order valence-corrected chi connectivity index (χ1v) is 9.85. The van der Waals surface area contributed by atoms with Gasteiger partial charge in [0.2, 0.25) is 15.9 Å². The fraction of sp³-hybridized carbons (Fsp3) is 0.421.